The standard InChI is InChI=1S/C33H38N8O3/c1-20-21(2)40(3)30(43)24-10-9-23(17-25(20)24)35-32-34-18-26(28(37-32)36-27(19-42)22-7-5-4-6-8-22)29-38-31(39-44-29)33-11-14-41(15-12-33)16-13-33/h4-10,17-18,20-21,27,42H,11-16,19H2,1-3H3,(H2,34,35,36,37)/t20?,21?,27-/m1/s1. The monoisotopic (exact) mass is 594 g/mol. The first-order valence-electron chi connectivity index (χ1n) is 15.4. The lowest BCUT2D eigenvalue weighted by Gasteiger charge is -2.46. The summed E-state index contributed by atoms with van der Waals surface area (Å²) < 4.78 is 5.86. The lowest BCUT2D eigenvalue weighted by Crippen LogP contribution is -2.51. The number of nitrogens with zero attached hydrogens (tertiary/aromatic N) is 6. The number of carbonyl (C=O) groups is 1. The zero-order valence-corrected chi connectivity index (χ0v) is 25.3. The highest BCUT2D eigenvalue weighted by Gasteiger charge is 2.44. The number of amides is 1. The van der Waals surface area contributed by atoms with Gasteiger partial charge in [-0.15, -0.1) is 0 Å². The third-order valence-electron chi connectivity index (χ3n) is 10.0. The van der Waals surface area contributed by atoms with E-state index in [-0.39, 0.29) is 29.9 Å². The Balaban J connectivity index is 1.23. The van der Waals surface area contributed by atoms with Gasteiger partial charge in [-0.05, 0) is 75.1 Å². The minimum Gasteiger partial charge on any atom is -0.394 e. The van der Waals surface area contributed by atoms with E-state index in [0.29, 0.717) is 28.8 Å². The summed E-state index contributed by atoms with van der Waals surface area (Å²) >= 11 is 0. The summed E-state index contributed by atoms with van der Waals surface area (Å²) in [4.78, 5) is 31.5. The van der Waals surface area contributed by atoms with Crippen molar-refractivity contribution in [3.63, 3.8) is 0 Å². The number of aliphatic hydroxyl groups is 1. The van der Waals surface area contributed by atoms with Crippen molar-refractivity contribution in [1.29, 1.82) is 0 Å². The fourth-order valence-electron chi connectivity index (χ4n) is 6.82. The molecule has 11 heteroatoms. The van der Waals surface area contributed by atoms with Crippen LogP contribution in [0.4, 0.5) is 17.5 Å². The maximum absolute atomic E-state index is 12.9. The predicted molar refractivity (Wildman–Crippen MR) is 167 cm³/mol. The highest BCUT2D eigenvalue weighted by atomic mass is 16.5. The molecule has 4 aromatic rings. The van der Waals surface area contributed by atoms with E-state index < -0.39 is 6.04 Å². The van der Waals surface area contributed by atoms with Crippen LogP contribution in [-0.2, 0) is 5.41 Å². The second-order valence-electron chi connectivity index (χ2n) is 12.4. The number of likely N-dealkylation sites (N-methyl/N-ethyl adjacent to an activating group) is 1. The molecule has 3 N–H and O–H groups in total. The van der Waals surface area contributed by atoms with Crippen LogP contribution in [0, 0.1) is 0 Å². The molecule has 2 unspecified atom stereocenters. The predicted octanol–water partition coefficient (Wildman–Crippen LogP) is 4.73. The van der Waals surface area contributed by atoms with Gasteiger partial charge in [0.1, 0.15) is 11.4 Å². The summed E-state index contributed by atoms with van der Waals surface area (Å²) in [6.07, 6.45) is 4.75. The smallest absolute Gasteiger partial charge is 0.263 e. The fraction of sp³-hybridized carbons (Fsp3) is 0.424. The van der Waals surface area contributed by atoms with Gasteiger partial charge in [0, 0.05) is 41.9 Å². The molecule has 6 heterocycles. The largest absolute Gasteiger partial charge is 0.394 e. The number of hydrogen-bond acceptors (Lipinski definition) is 10. The second-order valence-corrected chi connectivity index (χ2v) is 12.4. The van der Waals surface area contributed by atoms with E-state index in [0.717, 1.165) is 61.5 Å². The molecule has 3 fully saturated rings. The van der Waals surface area contributed by atoms with Gasteiger partial charge in [-0.2, -0.15) is 9.97 Å². The van der Waals surface area contributed by atoms with E-state index >= 15 is 0 Å². The number of carbonyl (C=O) groups excluding carboxylic acids is 1. The first-order valence-corrected chi connectivity index (χ1v) is 15.4. The van der Waals surface area contributed by atoms with Gasteiger partial charge in [-0.1, -0.05) is 42.4 Å². The Kier molecular flexibility index (Phi) is 7.30. The Morgan fingerprint density at radius 2 is 1.80 bits per heavy atom. The normalized spacial score (nSPS) is 25.0. The molecule has 3 saturated heterocycles. The Hall–Kier alpha value is -4.35. The lowest BCUT2D eigenvalue weighted by atomic mass is 9.71. The number of nitrogens with one attached hydrogen (secondary N) is 2. The van der Waals surface area contributed by atoms with Gasteiger partial charge < -0.3 is 30.1 Å². The molecule has 228 valence electrons. The van der Waals surface area contributed by atoms with E-state index in [9.17, 15) is 9.90 Å². The van der Waals surface area contributed by atoms with Crippen LogP contribution < -0.4 is 10.6 Å². The highest BCUT2D eigenvalue weighted by molar-refractivity contribution is 5.97. The van der Waals surface area contributed by atoms with Crippen molar-refractivity contribution in [2.75, 3.05) is 43.9 Å². The first-order chi connectivity index (χ1) is 21.3. The van der Waals surface area contributed by atoms with E-state index in [1.807, 2.05) is 55.6 Å². The van der Waals surface area contributed by atoms with E-state index in [1.165, 1.54) is 0 Å². The van der Waals surface area contributed by atoms with Gasteiger partial charge in [0.05, 0.1) is 12.6 Å². The molecule has 11 nitrogen and oxygen atoms in total. The topological polar surface area (TPSA) is 133 Å². The highest BCUT2D eigenvalue weighted by Crippen LogP contribution is 2.42. The summed E-state index contributed by atoms with van der Waals surface area (Å²) in [6.45, 7) is 7.22. The molecule has 0 aliphatic carbocycles. The maximum Gasteiger partial charge on any atom is 0.263 e. The Bertz CT molecular complexity index is 1650. The van der Waals surface area contributed by atoms with Crippen LogP contribution in [0.1, 0.15) is 72.4 Å². The molecule has 3 atom stereocenters. The Morgan fingerprint density at radius 3 is 2.52 bits per heavy atom. The molecule has 2 aromatic heterocycles. The van der Waals surface area contributed by atoms with Crippen molar-refractivity contribution < 1.29 is 14.4 Å². The van der Waals surface area contributed by atoms with Crippen LogP contribution in [0.25, 0.3) is 11.5 Å². The van der Waals surface area contributed by atoms with Crippen LogP contribution in [0.5, 0.6) is 0 Å². The zero-order valence-electron chi connectivity index (χ0n) is 25.3. The van der Waals surface area contributed by atoms with Crippen LogP contribution in [0.15, 0.2) is 59.3 Å². The number of hydrogen-bond donors (Lipinski definition) is 3. The molecular formula is C33H38N8O3. The molecule has 0 spiro atoms. The van der Waals surface area contributed by atoms with Crippen molar-refractivity contribution in [3.8, 4) is 11.5 Å². The van der Waals surface area contributed by atoms with Crippen molar-refractivity contribution in [3.05, 3.63) is 77.2 Å². The fourth-order valence-corrected chi connectivity index (χ4v) is 6.82. The van der Waals surface area contributed by atoms with Gasteiger partial charge in [-0.3, -0.25) is 4.79 Å². The minimum absolute atomic E-state index is 0.0254. The molecule has 1 amide bonds. The lowest BCUT2D eigenvalue weighted by molar-refractivity contribution is 0.0697. The number of anilines is 3. The number of piperidine rings is 3. The summed E-state index contributed by atoms with van der Waals surface area (Å²) in [5.41, 5.74) is 3.92. The van der Waals surface area contributed by atoms with Gasteiger partial charge in [0.25, 0.3) is 11.8 Å². The summed E-state index contributed by atoms with van der Waals surface area (Å²) in [6, 6.07) is 15.1. The van der Waals surface area contributed by atoms with Gasteiger partial charge in [-0.25, -0.2) is 4.98 Å². The molecule has 2 bridgehead atoms. The SMILES string of the molecule is CC1c2cc(Nc3ncc(-c4nc(C56CCN(CC5)CC6)no4)c(N[C@H](CO)c4ccccc4)n3)ccc2C(=O)N(C)C1C. The number of rotatable bonds is 8. The molecule has 44 heavy (non-hydrogen) atoms. The summed E-state index contributed by atoms with van der Waals surface area (Å²) in [5, 5.41) is 21.5. The molecule has 4 aliphatic heterocycles. The van der Waals surface area contributed by atoms with Gasteiger partial charge >= 0.3 is 0 Å². The van der Waals surface area contributed by atoms with Crippen molar-refractivity contribution in [2.45, 2.75) is 56.5 Å². The molecule has 0 saturated carbocycles. The Morgan fingerprint density at radius 1 is 1.05 bits per heavy atom. The zero-order chi connectivity index (χ0) is 30.4. The second kappa shape index (κ2) is 11.3. The molecule has 8 rings (SSSR count). The summed E-state index contributed by atoms with van der Waals surface area (Å²) in [7, 11) is 1.85. The van der Waals surface area contributed by atoms with Crippen LogP contribution in [0.3, 0.4) is 0 Å². The van der Waals surface area contributed by atoms with Crippen LogP contribution in [0.2, 0.25) is 0 Å². The van der Waals surface area contributed by atoms with E-state index in [1.54, 1.807) is 11.1 Å². The third kappa shape index (κ3) is 4.99. The number of benzene rings is 2. The average Bonchev–Trinajstić information content (AvgIpc) is 3.58. The maximum atomic E-state index is 12.9. The molecule has 4 aliphatic rings. The molecule has 0 radical (unpaired) electrons. The van der Waals surface area contributed by atoms with Crippen molar-refractivity contribution in [1.82, 2.24) is 29.9 Å². The molecular weight excluding hydrogens is 556 g/mol. The van der Waals surface area contributed by atoms with Crippen molar-refractivity contribution in [2.24, 2.45) is 0 Å². The van der Waals surface area contributed by atoms with Crippen LogP contribution in [-0.4, -0.2) is 80.3 Å². The summed E-state index contributed by atoms with van der Waals surface area (Å²) in [5.74, 6) is 2.12. The third-order valence-corrected chi connectivity index (χ3v) is 10.0. The number of aliphatic hydroxyl groups excluding tert-OH is 1. The quantitative estimate of drug-likeness (QED) is 0.263. The van der Waals surface area contributed by atoms with Gasteiger partial charge in [0.15, 0.2) is 5.82 Å². The Labute approximate surface area is 256 Å². The first kappa shape index (κ1) is 28.4. The number of fused-ring (bicyclic) bond motifs is 4. The van der Waals surface area contributed by atoms with Crippen molar-refractivity contribution >= 4 is 23.4 Å². The van der Waals surface area contributed by atoms with E-state index in [4.69, 9.17) is 14.5 Å². The van der Waals surface area contributed by atoms with Gasteiger partial charge in [0.2, 0.25) is 5.95 Å². The number of aromatic nitrogens is 4. The molecule has 2 aromatic carbocycles. The average molecular weight is 595 g/mol. The van der Waals surface area contributed by atoms with E-state index in [2.05, 4.69) is 39.5 Å². The van der Waals surface area contributed by atoms with Crippen LogP contribution >= 0.6 is 0 Å². The minimum atomic E-state index is -0.421.